The Morgan fingerprint density at radius 2 is 2.05 bits per heavy atom. The Morgan fingerprint density at radius 3 is 2.74 bits per heavy atom. The molecule has 104 valence electrons. The summed E-state index contributed by atoms with van der Waals surface area (Å²) >= 11 is 0. The third kappa shape index (κ3) is 2.40. The molecule has 6 heteroatoms. The minimum absolute atomic E-state index is 0.0819. The highest BCUT2D eigenvalue weighted by atomic mass is 32.2. The molecule has 1 aromatic rings. The van der Waals surface area contributed by atoms with Crippen LogP contribution in [0.15, 0.2) is 23.1 Å². The molecule has 0 radical (unpaired) electrons. The fourth-order valence-corrected chi connectivity index (χ4v) is 4.40. The molecule has 0 saturated heterocycles. The van der Waals surface area contributed by atoms with Crippen molar-refractivity contribution in [2.75, 3.05) is 5.75 Å². The highest BCUT2D eigenvalue weighted by molar-refractivity contribution is 7.91. The van der Waals surface area contributed by atoms with Crippen molar-refractivity contribution in [1.29, 1.82) is 0 Å². The number of aliphatic hydroxyl groups excluding tert-OH is 1. The molecular formula is C13H16FNO3S. The summed E-state index contributed by atoms with van der Waals surface area (Å²) in [5, 5.41) is 12.6. The molecule has 1 aromatic carbocycles. The van der Waals surface area contributed by atoms with Crippen LogP contribution in [-0.4, -0.2) is 31.4 Å². The molecule has 0 bridgehead atoms. The third-order valence-electron chi connectivity index (χ3n) is 3.91. The van der Waals surface area contributed by atoms with Gasteiger partial charge < -0.3 is 10.4 Å². The number of aliphatic hydroxyl groups is 1. The van der Waals surface area contributed by atoms with Crippen LogP contribution in [0.2, 0.25) is 0 Å². The molecule has 4 nitrogen and oxygen atoms in total. The summed E-state index contributed by atoms with van der Waals surface area (Å²) in [5.41, 5.74) is 0.521. The average molecular weight is 285 g/mol. The zero-order valence-electron chi connectivity index (χ0n) is 10.3. The van der Waals surface area contributed by atoms with Crippen LogP contribution in [0.4, 0.5) is 4.39 Å². The molecule has 19 heavy (non-hydrogen) atoms. The van der Waals surface area contributed by atoms with E-state index in [-0.39, 0.29) is 28.8 Å². The molecule has 1 fully saturated rings. The lowest BCUT2D eigenvalue weighted by Gasteiger charge is -2.37. The first-order valence-electron chi connectivity index (χ1n) is 6.42. The van der Waals surface area contributed by atoms with Crippen LogP contribution in [0.1, 0.15) is 30.9 Å². The number of benzene rings is 1. The van der Waals surface area contributed by atoms with E-state index in [9.17, 15) is 17.9 Å². The Kier molecular flexibility index (Phi) is 3.11. The van der Waals surface area contributed by atoms with E-state index in [4.69, 9.17) is 0 Å². The van der Waals surface area contributed by atoms with Crippen molar-refractivity contribution in [1.82, 2.24) is 5.32 Å². The van der Waals surface area contributed by atoms with Gasteiger partial charge in [-0.05, 0) is 43.0 Å². The Morgan fingerprint density at radius 1 is 1.32 bits per heavy atom. The van der Waals surface area contributed by atoms with Crippen molar-refractivity contribution in [2.45, 2.75) is 42.3 Å². The summed E-state index contributed by atoms with van der Waals surface area (Å²) in [5.74, 6) is -0.338. The smallest absolute Gasteiger partial charge is 0.178 e. The van der Waals surface area contributed by atoms with Gasteiger partial charge in [0.05, 0.1) is 16.8 Å². The van der Waals surface area contributed by atoms with Crippen molar-refractivity contribution in [2.24, 2.45) is 0 Å². The molecule has 1 atom stereocenters. The fraction of sp³-hybridized carbons (Fsp3) is 0.538. The van der Waals surface area contributed by atoms with Crippen LogP contribution < -0.4 is 5.32 Å². The molecule has 1 aliphatic heterocycles. The number of hydrogen-bond acceptors (Lipinski definition) is 4. The van der Waals surface area contributed by atoms with Gasteiger partial charge in [-0.3, -0.25) is 0 Å². The Hall–Kier alpha value is -0.980. The molecular weight excluding hydrogens is 269 g/mol. The maximum Gasteiger partial charge on any atom is 0.178 e. The van der Waals surface area contributed by atoms with E-state index in [1.165, 1.54) is 18.2 Å². The largest absolute Gasteiger partial charge is 0.393 e. The first-order chi connectivity index (χ1) is 8.95. The van der Waals surface area contributed by atoms with Crippen LogP contribution >= 0.6 is 0 Å². The predicted molar refractivity (Wildman–Crippen MR) is 68.0 cm³/mol. The Balaban J connectivity index is 1.90. The van der Waals surface area contributed by atoms with Gasteiger partial charge in [0.2, 0.25) is 0 Å². The summed E-state index contributed by atoms with van der Waals surface area (Å²) in [6.45, 7) is 0. The average Bonchev–Trinajstić information content (AvgIpc) is 2.30. The first-order valence-corrected chi connectivity index (χ1v) is 8.07. The number of halogens is 1. The molecule has 3 rings (SSSR count). The van der Waals surface area contributed by atoms with Gasteiger partial charge in [-0.2, -0.15) is 0 Å². The van der Waals surface area contributed by atoms with Crippen LogP contribution in [0.25, 0.3) is 0 Å². The quantitative estimate of drug-likeness (QED) is 0.800. The van der Waals surface area contributed by atoms with Crippen LogP contribution in [0, 0.1) is 5.82 Å². The summed E-state index contributed by atoms with van der Waals surface area (Å²) < 4.78 is 37.3. The monoisotopic (exact) mass is 285 g/mol. The number of rotatable bonds is 2. The minimum atomic E-state index is -3.28. The molecule has 0 amide bonds. The molecule has 0 spiro atoms. The molecule has 1 saturated carbocycles. The highest BCUT2D eigenvalue weighted by Crippen LogP contribution is 2.34. The third-order valence-corrected chi connectivity index (χ3v) is 5.72. The number of hydrogen-bond donors (Lipinski definition) is 2. The highest BCUT2D eigenvalue weighted by Gasteiger charge is 2.34. The van der Waals surface area contributed by atoms with Gasteiger partial charge in [0.15, 0.2) is 9.84 Å². The van der Waals surface area contributed by atoms with Gasteiger partial charge in [-0.1, -0.05) is 0 Å². The second-order valence-electron chi connectivity index (χ2n) is 5.33. The normalized spacial score (nSPS) is 32.4. The van der Waals surface area contributed by atoms with E-state index >= 15 is 0 Å². The van der Waals surface area contributed by atoms with Crippen molar-refractivity contribution >= 4 is 9.84 Å². The molecule has 1 aliphatic carbocycles. The van der Waals surface area contributed by atoms with Crippen LogP contribution in [-0.2, 0) is 9.84 Å². The van der Waals surface area contributed by atoms with Crippen molar-refractivity contribution in [3.63, 3.8) is 0 Å². The number of nitrogens with one attached hydrogen (secondary N) is 1. The first kappa shape index (κ1) is 13.0. The van der Waals surface area contributed by atoms with E-state index in [0.29, 0.717) is 24.8 Å². The zero-order chi connectivity index (χ0) is 13.6. The minimum Gasteiger partial charge on any atom is -0.393 e. The van der Waals surface area contributed by atoms with Crippen molar-refractivity contribution in [3.8, 4) is 0 Å². The summed E-state index contributed by atoms with van der Waals surface area (Å²) in [4.78, 5) is 0.234. The van der Waals surface area contributed by atoms with Crippen LogP contribution in [0.5, 0.6) is 0 Å². The van der Waals surface area contributed by atoms with Gasteiger partial charge in [0.25, 0.3) is 0 Å². The SMILES string of the molecule is O=S1(=O)CCC(NC2CC(O)C2)c2cc(F)ccc21. The zero-order valence-corrected chi connectivity index (χ0v) is 11.2. The summed E-state index contributed by atoms with van der Waals surface area (Å²) in [6.07, 6.45) is 1.53. The number of sulfone groups is 1. The lowest BCUT2D eigenvalue weighted by Crippen LogP contribution is -2.46. The maximum absolute atomic E-state index is 13.4. The molecule has 2 N–H and O–H groups in total. The van der Waals surface area contributed by atoms with E-state index in [1.807, 2.05) is 0 Å². The number of fused-ring (bicyclic) bond motifs is 1. The van der Waals surface area contributed by atoms with Crippen LogP contribution in [0.3, 0.4) is 0 Å². The van der Waals surface area contributed by atoms with Crippen molar-refractivity contribution < 1.29 is 17.9 Å². The predicted octanol–water partition coefficient (Wildman–Crippen LogP) is 1.16. The van der Waals surface area contributed by atoms with Crippen molar-refractivity contribution in [3.05, 3.63) is 29.6 Å². The second kappa shape index (κ2) is 4.54. The Labute approximate surface area is 111 Å². The lowest BCUT2D eigenvalue weighted by atomic mass is 9.88. The summed E-state index contributed by atoms with van der Waals surface area (Å²) in [6, 6.07) is 3.89. The van der Waals surface area contributed by atoms with E-state index in [2.05, 4.69) is 5.32 Å². The van der Waals surface area contributed by atoms with Gasteiger partial charge in [-0.15, -0.1) is 0 Å². The van der Waals surface area contributed by atoms with E-state index in [1.54, 1.807) is 0 Å². The lowest BCUT2D eigenvalue weighted by molar-refractivity contribution is 0.0571. The van der Waals surface area contributed by atoms with Gasteiger partial charge in [-0.25, -0.2) is 12.8 Å². The fourth-order valence-electron chi connectivity index (χ4n) is 2.79. The maximum atomic E-state index is 13.4. The standard InChI is InChI=1S/C13H16FNO3S/c14-8-1-2-13-11(5-8)12(3-4-19(13,17)18)15-9-6-10(16)7-9/h1-2,5,9-10,12,15-16H,3-4,6-7H2. The van der Waals surface area contributed by atoms with E-state index < -0.39 is 15.7 Å². The molecule has 2 aliphatic rings. The molecule has 1 unspecified atom stereocenters. The second-order valence-corrected chi connectivity index (χ2v) is 7.41. The Bertz CT molecular complexity index is 596. The summed E-state index contributed by atoms with van der Waals surface area (Å²) in [7, 11) is -3.28. The topological polar surface area (TPSA) is 66.4 Å². The van der Waals surface area contributed by atoms with E-state index in [0.717, 1.165) is 0 Å². The molecule has 0 aromatic heterocycles. The van der Waals surface area contributed by atoms with Gasteiger partial charge in [0, 0.05) is 12.1 Å². The van der Waals surface area contributed by atoms with Gasteiger partial charge in [0.1, 0.15) is 5.82 Å². The van der Waals surface area contributed by atoms with Gasteiger partial charge >= 0.3 is 0 Å². The molecule has 1 heterocycles.